The molecule has 2 aromatic rings. The van der Waals surface area contributed by atoms with Crippen LogP contribution in [0, 0.1) is 0 Å². The van der Waals surface area contributed by atoms with Gasteiger partial charge in [0.15, 0.2) is 0 Å². The predicted molar refractivity (Wildman–Crippen MR) is 130 cm³/mol. The summed E-state index contributed by atoms with van der Waals surface area (Å²) in [4.78, 5) is 48.5. The zero-order valence-corrected chi connectivity index (χ0v) is 20.0. The quantitative estimate of drug-likeness (QED) is 0.412. The monoisotopic (exact) mass is 481 g/mol. The molecule has 4 N–H and O–H groups in total. The molecular formula is C26H31N3O6. The Labute approximate surface area is 204 Å². The number of carbonyl (C=O) groups excluding carboxylic acids is 3. The van der Waals surface area contributed by atoms with E-state index in [4.69, 9.17) is 9.84 Å². The van der Waals surface area contributed by atoms with Crippen LogP contribution in [0.1, 0.15) is 50.7 Å². The number of hydrogen-bond acceptors (Lipinski definition) is 5. The molecule has 1 aliphatic carbocycles. The normalized spacial score (nSPS) is 13.8. The molecule has 0 radical (unpaired) electrons. The molecule has 0 fully saturated rings. The molecule has 2 unspecified atom stereocenters. The van der Waals surface area contributed by atoms with Gasteiger partial charge in [-0.05, 0) is 49.4 Å². The molecular weight excluding hydrogens is 450 g/mol. The van der Waals surface area contributed by atoms with Crippen molar-refractivity contribution in [1.29, 1.82) is 0 Å². The second-order valence-electron chi connectivity index (χ2n) is 8.85. The molecule has 0 bridgehead atoms. The lowest BCUT2D eigenvalue weighted by molar-refractivity contribution is -0.137. The molecule has 0 aromatic heterocycles. The molecule has 0 heterocycles. The van der Waals surface area contributed by atoms with Gasteiger partial charge in [0.05, 0.1) is 0 Å². The van der Waals surface area contributed by atoms with Gasteiger partial charge in [0.25, 0.3) is 0 Å². The fourth-order valence-electron chi connectivity index (χ4n) is 4.11. The SMILES string of the molecule is CC(C)NC(=O)C(C)NC(=O)C(CCC(=O)O)NC(=O)OCC1c2ccccc2-c2ccccc21. The summed E-state index contributed by atoms with van der Waals surface area (Å²) in [5, 5.41) is 16.7. The first-order chi connectivity index (χ1) is 16.7. The van der Waals surface area contributed by atoms with Crippen LogP contribution >= 0.6 is 0 Å². The number of carboxylic acid groups (broad SMARTS) is 1. The summed E-state index contributed by atoms with van der Waals surface area (Å²) in [5.41, 5.74) is 4.27. The van der Waals surface area contributed by atoms with Crippen molar-refractivity contribution in [2.24, 2.45) is 0 Å². The van der Waals surface area contributed by atoms with Crippen LogP contribution in [0.25, 0.3) is 11.1 Å². The van der Waals surface area contributed by atoms with E-state index in [2.05, 4.69) is 16.0 Å². The zero-order valence-electron chi connectivity index (χ0n) is 20.0. The summed E-state index contributed by atoms with van der Waals surface area (Å²) in [6.45, 7) is 5.15. The predicted octanol–water partition coefficient (Wildman–Crippen LogP) is 2.79. The minimum Gasteiger partial charge on any atom is -0.481 e. The Morgan fingerprint density at radius 2 is 1.43 bits per heavy atom. The number of aliphatic carboxylic acids is 1. The minimum atomic E-state index is -1.17. The number of rotatable bonds is 10. The maximum absolute atomic E-state index is 12.7. The van der Waals surface area contributed by atoms with Gasteiger partial charge in [-0.1, -0.05) is 48.5 Å². The third-order valence-corrected chi connectivity index (χ3v) is 5.78. The first-order valence-electron chi connectivity index (χ1n) is 11.6. The van der Waals surface area contributed by atoms with Gasteiger partial charge in [0, 0.05) is 18.4 Å². The Morgan fingerprint density at radius 1 is 0.857 bits per heavy atom. The maximum atomic E-state index is 12.7. The van der Waals surface area contributed by atoms with Gasteiger partial charge in [0.1, 0.15) is 18.7 Å². The molecule has 0 saturated heterocycles. The smallest absolute Gasteiger partial charge is 0.407 e. The molecule has 35 heavy (non-hydrogen) atoms. The highest BCUT2D eigenvalue weighted by Gasteiger charge is 2.30. The number of hydrogen-bond donors (Lipinski definition) is 4. The van der Waals surface area contributed by atoms with Crippen molar-refractivity contribution in [2.75, 3.05) is 6.61 Å². The van der Waals surface area contributed by atoms with Gasteiger partial charge in [-0.15, -0.1) is 0 Å². The zero-order chi connectivity index (χ0) is 25.5. The summed E-state index contributed by atoms with van der Waals surface area (Å²) >= 11 is 0. The number of fused-ring (bicyclic) bond motifs is 3. The second-order valence-corrected chi connectivity index (χ2v) is 8.85. The van der Waals surface area contributed by atoms with E-state index < -0.39 is 30.1 Å². The lowest BCUT2D eigenvalue weighted by Crippen LogP contribution is -2.53. The largest absolute Gasteiger partial charge is 0.481 e. The van der Waals surface area contributed by atoms with Crippen LogP contribution in [-0.4, -0.2) is 53.7 Å². The first-order valence-corrected chi connectivity index (χ1v) is 11.6. The van der Waals surface area contributed by atoms with E-state index in [0.717, 1.165) is 22.3 Å². The number of nitrogens with one attached hydrogen (secondary N) is 3. The highest BCUT2D eigenvalue weighted by atomic mass is 16.5. The number of benzene rings is 2. The summed E-state index contributed by atoms with van der Waals surface area (Å²) in [5.74, 6) is -2.31. The van der Waals surface area contributed by atoms with E-state index in [9.17, 15) is 19.2 Å². The van der Waals surface area contributed by atoms with Crippen LogP contribution in [0.15, 0.2) is 48.5 Å². The van der Waals surface area contributed by atoms with Crippen molar-refractivity contribution in [3.8, 4) is 11.1 Å². The van der Waals surface area contributed by atoms with E-state index in [1.54, 1.807) is 13.8 Å². The molecule has 9 heteroatoms. The van der Waals surface area contributed by atoms with Crippen LogP contribution in [0.3, 0.4) is 0 Å². The summed E-state index contributed by atoms with van der Waals surface area (Å²) in [7, 11) is 0. The Balaban J connectivity index is 1.64. The lowest BCUT2D eigenvalue weighted by atomic mass is 9.98. The van der Waals surface area contributed by atoms with Crippen molar-refractivity contribution in [3.63, 3.8) is 0 Å². The average molecular weight is 482 g/mol. The van der Waals surface area contributed by atoms with Gasteiger partial charge in [-0.25, -0.2) is 4.79 Å². The molecule has 1 aliphatic rings. The highest BCUT2D eigenvalue weighted by molar-refractivity contribution is 5.91. The topological polar surface area (TPSA) is 134 Å². The Kier molecular flexibility index (Phi) is 8.46. The minimum absolute atomic E-state index is 0.0559. The third kappa shape index (κ3) is 6.59. The number of amides is 3. The number of alkyl carbamates (subject to hydrolysis) is 1. The first kappa shape index (κ1) is 25.7. The van der Waals surface area contributed by atoms with E-state index >= 15 is 0 Å². The van der Waals surface area contributed by atoms with Crippen molar-refractivity contribution >= 4 is 23.9 Å². The average Bonchev–Trinajstić information content (AvgIpc) is 3.13. The number of ether oxygens (including phenoxy) is 1. The van der Waals surface area contributed by atoms with Crippen LogP contribution in [0.4, 0.5) is 4.79 Å². The molecule has 0 saturated carbocycles. The van der Waals surface area contributed by atoms with Crippen molar-refractivity contribution in [3.05, 3.63) is 59.7 Å². The van der Waals surface area contributed by atoms with Crippen molar-refractivity contribution < 1.29 is 29.0 Å². The molecule has 0 aliphatic heterocycles. The molecule has 186 valence electrons. The van der Waals surface area contributed by atoms with Gasteiger partial charge < -0.3 is 25.8 Å². The van der Waals surface area contributed by atoms with Crippen LogP contribution in [0.2, 0.25) is 0 Å². The molecule has 2 aromatic carbocycles. The van der Waals surface area contributed by atoms with E-state index in [1.165, 1.54) is 6.92 Å². The van der Waals surface area contributed by atoms with Crippen LogP contribution in [-0.2, 0) is 19.1 Å². The summed E-state index contributed by atoms with van der Waals surface area (Å²) in [6.07, 6.45) is -1.32. The summed E-state index contributed by atoms with van der Waals surface area (Å²) < 4.78 is 5.48. The highest BCUT2D eigenvalue weighted by Crippen LogP contribution is 2.44. The van der Waals surface area contributed by atoms with E-state index in [0.29, 0.717) is 0 Å². The Morgan fingerprint density at radius 3 is 1.97 bits per heavy atom. The maximum Gasteiger partial charge on any atom is 0.407 e. The van der Waals surface area contributed by atoms with Gasteiger partial charge in [0.2, 0.25) is 11.8 Å². The summed E-state index contributed by atoms with van der Waals surface area (Å²) in [6, 6.07) is 13.7. The molecule has 2 atom stereocenters. The van der Waals surface area contributed by atoms with Gasteiger partial charge >= 0.3 is 12.1 Å². The van der Waals surface area contributed by atoms with Crippen LogP contribution in [0.5, 0.6) is 0 Å². The fraction of sp³-hybridized carbons (Fsp3) is 0.385. The van der Waals surface area contributed by atoms with E-state index in [1.807, 2.05) is 48.5 Å². The van der Waals surface area contributed by atoms with Gasteiger partial charge in [-0.3, -0.25) is 14.4 Å². The number of carboxylic acids is 1. The molecule has 3 rings (SSSR count). The van der Waals surface area contributed by atoms with E-state index in [-0.39, 0.29) is 37.3 Å². The van der Waals surface area contributed by atoms with Crippen molar-refractivity contribution in [2.45, 2.75) is 57.7 Å². The van der Waals surface area contributed by atoms with Gasteiger partial charge in [-0.2, -0.15) is 0 Å². The molecule has 0 spiro atoms. The molecule has 3 amide bonds. The Hall–Kier alpha value is -3.88. The standard InChI is InChI=1S/C26H31N3O6/c1-15(2)27-24(32)16(3)28-25(33)22(12-13-23(30)31)29-26(34)35-14-21-19-10-6-4-8-17(19)18-9-5-7-11-20(18)21/h4-11,15-16,21-22H,12-14H2,1-3H3,(H,27,32)(H,28,33)(H,29,34)(H,30,31). The number of carbonyl (C=O) groups is 4. The van der Waals surface area contributed by atoms with Crippen LogP contribution < -0.4 is 16.0 Å². The second kappa shape index (κ2) is 11.5. The fourth-order valence-corrected chi connectivity index (χ4v) is 4.11. The lowest BCUT2D eigenvalue weighted by Gasteiger charge is -2.22. The molecule has 9 nitrogen and oxygen atoms in total. The Bertz CT molecular complexity index is 1050. The third-order valence-electron chi connectivity index (χ3n) is 5.78. The van der Waals surface area contributed by atoms with Crippen molar-refractivity contribution in [1.82, 2.24) is 16.0 Å².